The van der Waals surface area contributed by atoms with E-state index in [-0.39, 0.29) is 5.91 Å². The Morgan fingerprint density at radius 2 is 2.29 bits per heavy atom. The van der Waals surface area contributed by atoms with Crippen molar-refractivity contribution in [3.63, 3.8) is 0 Å². The number of thiophene rings is 1. The minimum absolute atomic E-state index is 0.0531. The Bertz CT molecular complexity index is 671. The van der Waals surface area contributed by atoms with E-state index < -0.39 is 0 Å². The molecule has 1 aromatic heterocycles. The molecule has 1 amide bonds. The van der Waals surface area contributed by atoms with Gasteiger partial charge in [0, 0.05) is 23.0 Å². The molecule has 2 aromatic rings. The molecule has 0 aliphatic carbocycles. The molecule has 110 valence electrons. The van der Waals surface area contributed by atoms with Crippen LogP contribution in [0.5, 0.6) is 0 Å². The van der Waals surface area contributed by atoms with E-state index in [1.54, 1.807) is 29.5 Å². The maximum Gasteiger partial charge on any atom is 0.238 e. The van der Waals surface area contributed by atoms with Gasteiger partial charge >= 0.3 is 0 Å². The van der Waals surface area contributed by atoms with E-state index in [2.05, 4.69) is 21.7 Å². The molecule has 4 nitrogen and oxygen atoms in total. The number of hydrogen-bond acceptors (Lipinski definition) is 4. The molecule has 0 radical (unpaired) electrons. The van der Waals surface area contributed by atoms with Crippen molar-refractivity contribution in [1.29, 1.82) is 0 Å². The Kier molecular flexibility index (Phi) is 4.14. The molecule has 0 atom stereocenters. The Morgan fingerprint density at radius 3 is 3.10 bits per heavy atom. The van der Waals surface area contributed by atoms with Crippen molar-refractivity contribution in [2.45, 2.75) is 13.0 Å². The fourth-order valence-electron chi connectivity index (χ4n) is 2.48. The summed E-state index contributed by atoms with van der Waals surface area (Å²) in [6.07, 6.45) is 1.02. The van der Waals surface area contributed by atoms with Gasteiger partial charge < -0.3 is 11.1 Å². The number of amides is 1. The normalized spacial score (nSPS) is 14.7. The number of carbonyl (C=O) groups is 1. The van der Waals surface area contributed by atoms with Gasteiger partial charge in [0.25, 0.3) is 0 Å². The second-order valence-electron chi connectivity index (χ2n) is 5.11. The predicted molar refractivity (Wildman–Crippen MR) is 87.8 cm³/mol. The van der Waals surface area contributed by atoms with Gasteiger partial charge in [-0.2, -0.15) is 0 Å². The van der Waals surface area contributed by atoms with Crippen LogP contribution in [0.15, 0.2) is 29.6 Å². The monoisotopic (exact) mass is 321 g/mol. The third-order valence-electron chi connectivity index (χ3n) is 3.54. The Hall–Kier alpha value is -1.56. The van der Waals surface area contributed by atoms with E-state index in [4.69, 9.17) is 17.3 Å². The smallest absolute Gasteiger partial charge is 0.238 e. The maximum absolute atomic E-state index is 12.1. The highest BCUT2D eigenvalue weighted by atomic mass is 35.5. The summed E-state index contributed by atoms with van der Waals surface area (Å²) in [5.41, 5.74) is 8.27. The van der Waals surface area contributed by atoms with Crippen LogP contribution in [0, 0.1) is 0 Å². The zero-order valence-electron chi connectivity index (χ0n) is 11.4. The Balaban J connectivity index is 1.60. The zero-order valence-corrected chi connectivity index (χ0v) is 13.0. The molecule has 0 saturated carbocycles. The van der Waals surface area contributed by atoms with Crippen LogP contribution in [-0.4, -0.2) is 23.9 Å². The summed E-state index contributed by atoms with van der Waals surface area (Å²) in [6.45, 7) is 2.12. The number of nitrogens with two attached hydrogens (primary N) is 1. The minimum atomic E-state index is -0.0531. The summed E-state index contributed by atoms with van der Waals surface area (Å²) >= 11 is 7.64. The lowest BCUT2D eigenvalue weighted by atomic mass is 10.1. The van der Waals surface area contributed by atoms with Crippen molar-refractivity contribution in [3.05, 3.63) is 45.1 Å². The number of halogens is 1. The third-order valence-corrected chi connectivity index (χ3v) is 4.80. The van der Waals surface area contributed by atoms with Crippen LogP contribution < -0.4 is 11.1 Å². The van der Waals surface area contributed by atoms with Gasteiger partial charge in [-0.3, -0.25) is 9.69 Å². The second kappa shape index (κ2) is 6.05. The van der Waals surface area contributed by atoms with Gasteiger partial charge in [-0.1, -0.05) is 11.6 Å². The standard InChI is InChI=1S/C15H16ClN3OS/c16-11-1-2-13(12(17)7-11)18-15(20)9-19-5-3-14-10(8-19)4-6-21-14/h1-2,4,6-7H,3,5,8-9,17H2,(H,18,20). The lowest BCUT2D eigenvalue weighted by molar-refractivity contribution is -0.117. The molecule has 1 aliphatic heterocycles. The van der Waals surface area contributed by atoms with Crippen molar-refractivity contribution < 1.29 is 4.79 Å². The molecule has 0 bridgehead atoms. The molecular formula is C15H16ClN3OS. The first kappa shape index (κ1) is 14.4. The summed E-state index contributed by atoms with van der Waals surface area (Å²) in [5, 5.41) is 5.52. The van der Waals surface area contributed by atoms with E-state index in [1.807, 2.05) is 0 Å². The molecule has 1 aliphatic rings. The largest absolute Gasteiger partial charge is 0.397 e. The summed E-state index contributed by atoms with van der Waals surface area (Å²) in [5.74, 6) is -0.0531. The highest BCUT2D eigenvalue weighted by Crippen LogP contribution is 2.25. The van der Waals surface area contributed by atoms with Gasteiger partial charge in [-0.05, 0) is 41.6 Å². The average molecular weight is 322 g/mol. The second-order valence-corrected chi connectivity index (χ2v) is 6.55. The fraction of sp³-hybridized carbons (Fsp3) is 0.267. The number of hydrogen-bond donors (Lipinski definition) is 2. The first-order valence-corrected chi connectivity index (χ1v) is 8.00. The molecule has 21 heavy (non-hydrogen) atoms. The van der Waals surface area contributed by atoms with Crippen LogP contribution in [0.25, 0.3) is 0 Å². The highest BCUT2D eigenvalue weighted by molar-refractivity contribution is 7.10. The van der Waals surface area contributed by atoms with E-state index in [0.29, 0.717) is 22.9 Å². The van der Waals surface area contributed by atoms with Crippen LogP contribution in [-0.2, 0) is 17.8 Å². The maximum atomic E-state index is 12.1. The molecule has 6 heteroatoms. The van der Waals surface area contributed by atoms with E-state index >= 15 is 0 Å². The minimum Gasteiger partial charge on any atom is -0.397 e. The quantitative estimate of drug-likeness (QED) is 0.854. The first-order valence-electron chi connectivity index (χ1n) is 6.74. The van der Waals surface area contributed by atoms with Crippen molar-refractivity contribution >= 4 is 40.2 Å². The van der Waals surface area contributed by atoms with Crippen molar-refractivity contribution in [3.8, 4) is 0 Å². The van der Waals surface area contributed by atoms with Crippen LogP contribution in [0.2, 0.25) is 5.02 Å². The van der Waals surface area contributed by atoms with Crippen LogP contribution in [0.3, 0.4) is 0 Å². The lowest BCUT2D eigenvalue weighted by Gasteiger charge is -2.26. The van der Waals surface area contributed by atoms with Gasteiger partial charge in [0.15, 0.2) is 0 Å². The van der Waals surface area contributed by atoms with Crippen LogP contribution >= 0.6 is 22.9 Å². The lowest BCUT2D eigenvalue weighted by Crippen LogP contribution is -2.36. The number of nitrogen functional groups attached to an aromatic ring is 1. The van der Waals surface area contributed by atoms with Gasteiger partial charge in [0.05, 0.1) is 17.9 Å². The number of fused-ring (bicyclic) bond motifs is 1. The Labute approximate surface area is 132 Å². The molecule has 0 fully saturated rings. The molecule has 1 aromatic carbocycles. The van der Waals surface area contributed by atoms with E-state index in [0.717, 1.165) is 19.5 Å². The van der Waals surface area contributed by atoms with Gasteiger partial charge in [-0.15, -0.1) is 11.3 Å². The molecule has 0 spiro atoms. The number of nitrogens with zero attached hydrogens (tertiary/aromatic N) is 1. The topological polar surface area (TPSA) is 58.4 Å². The predicted octanol–water partition coefficient (Wildman–Crippen LogP) is 2.98. The van der Waals surface area contributed by atoms with E-state index in [9.17, 15) is 4.79 Å². The number of benzene rings is 1. The molecular weight excluding hydrogens is 306 g/mol. The number of carbonyl (C=O) groups excluding carboxylic acids is 1. The number of rotatable bonds is 3. The van der Waals surface area contributed by atoms with Gasteiger partial charge in [0.2, 0.25) is 5.91 Å². The number of nitrogens with one attached hydrogen (secondary N) is 1. The first-order chi connectivity index (χ1) is 10.1. The average Bonchev–Trinajstić information content (AvgIpc) is 2.89. The van der Waals surface area contributed by atoms with Crippen molar-refractivity contribution in [2.75, 3.05) is 24.1 Å². The molecule has 0 saturated heterocycles. The molecule has 3 N–H and O–H groups in total. The fourth-order valence-corrected chi connectivity index (χ4v) is 3.55. The summed E-state index contributed by atoms with van der Waals surface area (Å²) in [4.78, 5) is 15.7. The third kappa shape index (κ3) is 3.37. The molecule has 3 rings (SSSR count). The van der Waals surface area contributed by atoms with Crippen LogP contribution in [0.1, 0.15) is 10.4 Å². The zero-order chi connectivity index (χ0) is 14.8. The van der Waals surface area contributed by atoms with Crippen molar-refractivity contribution in [2.24, 2.45) is 0 Å². The van der Waals surface area contributed by atoms with Crippen molar-refractivity contribution in [1.82, 2.24) is 4.90 Å². The summed E-state index contributed by atoms with van der Waals surface area (Å²) in [7, 11) is 0. The highest BCUT2D eigenvalue weighted by Gasteiger charge is 2.19. The van der Waals surface area contributed by atoms with Gasteiger partial charge in [-0.25, -0.2) is 0 Å². The molecule has 2 heterocycles. The molecule has 0 unspecified atom stereocenters. The Morgan fingerprint density at radius 1 is 1.43 bits per heavy atom. The summed E-state index contributed by atoms with van der Waals surface area (Å²) < 4.78 is 0. The summed E-state index contributed by atoms with van der Waals surface area (Å²) in [6, 6.07) is 7.21. The SMILES string of the molecule is Nc1cc(Cl)ccc1NC(=O)CN1CCc2sccc2C1. The number of anilines is 2. The van der Waals surface area contributed by atoms with Gasteiger partial charge in [0.1, 0.15) is 0 Å². The van der Waals surface area contributed by atoms with E-state index in [1.165, 1.54) is 10.4 Å². The van der Waals surface area contributed by atoms with Crippen LogP contribution in [0.4, 0.5) is 11.4 Å².